The maximum absolute atomic E-state index is 8.35. The molecule has 0 aromatic carbocycles. The van der Waals surface area contributed by atoms with Crippen molar-refractivity contribution in [1.29, 1.82) is 0 Å². The van der Waals surface area contributed by atoms with Gasteiger partial charge < -0.3 is 35.6 Å². The van der Waals surface area contributed by atoms with Crippen LogP contribution < -0.4 is 5.73 Å². The summed E-state index contributed by atoms with van der Waals surface area (Å²) in [6.45, 7) is 0.975. The number of aliphatic hydroxyl groups is 4. The molecule has 0 bridgehead atoms. The first kappa shape index (κ1) is 17.1. The van der Waals surface area contributed by atoms with Gasteiger partial charge in [0.2, 0.25) is 0 Å². The van der Waals surface area contributed by atoms with Crippen LogP contribution in [0.15, 0.2) is 0 Å². The molecule has 0 amide bonds. The lowest BCUT2D eigenvalue weighted by Crippen LogP contribution is -2.25. The van der Waals surface area contributed by atoms with Crippen LogP contribution in [0.5, 0.6) is 0 Å². The highest BCUT2D eigenvalue weighted by Gasteiger charge is 1.92. The Balaban J connectivity index is 0. The molecular formula is C8H21NO6. The number of hydrogen-bond donors (Lipinski definition) is 5. The van der Waals surface area contributed by atoms with Crippen molar-refractivity contribution in [2.45, 2.75) is 6.23 Å². The zero-order chi connectivity index (χ0) is 11.9. The third kappa shape index (κ3) is 24.8. The highest BCUT2D eigenvalue weighted by atomic mass is 16.5. The number of aliphatic hydroxyl groups excluding tert-OH is 4. The zero-order valence-electron chi connectivity index (χ0n) is 8.71. The van der Waals surface area contributed by atoms with Crippen LogP contribution >= 0.6 is 0 Å². The van der Waals surface area contributed by atoms with Crippen LogP contribution in [0.4, 0.5) is 0 Å². The average molecular weight is 227 g/mol. The molecule has 0 aromatic heterocycles. The molecule has 1 unspecified atom stereocenters. The first-order chi connectivity index (χ1) is 7.18. The quantitative estimate of drug-likeness (QED) is 0.225. The summed E-state index contributed by atoms with van der Waals surface area (Å²) in [6, 6.07) is 0. The van der Waals surface area contributed by atoms with Gasteiger partial charge in [-0.1, -0.05) is 0 Å². The van der Waals surface area contributed by atoms with Crippen LogP contribution in [0.1, 0.15) is 0 Å². The molecule has 0 spiro atoms. The zero-order valence-corrected chi connectivity index (χ0v) is 8.71. The second-order valence-corrected chi connectivity index (χ2v) is 2.43. The van der Waals surface area contributed by atoms with E-state index in [4.69, 9.17) is 26.2 Å². The summed E-state index contributed by atoms with van der Waals surface area (Å²) in [4.78, 5) is 0. The van der Waals surface area contributed by atoms with Gasteiger partial charge in [-0.25, -0.2) is 0 Å². The van der Waals surface area contributed by atoms with Crippen molar-refractivity contribution in [2.24, 2.45) is 5.73 Å². The van der Waals surface area contributed by atoms with Gasteiger partial charge in [0.25, 0.3) is 0 Å². The van der Waals surface area contributed by atoms with E-state index in [0.29, 0.717) is 13.2 Å². The Labute approximate surface area is 89.0 Å². The molecule has 6 N–H and O–H groups in total. The molecule has 1 atom stereocenters. The molecule has 15 heavy (non-hydrogen) atoms. The van der Waals surface area contributed by atoms with Crippen molar-refractivity contribution < 1.29 is 29.9 Å². The number of nitrogens with two attached hydrogens (primary N) is 1. The maximum Gasteiger partial charge on any atom is 0.126 e. The second kappa shape index (κ2) is 16.2. The van der Waals surface area contributed by atoms with Crippen LogP contribution in [-0.4, -0.2) is 72.9 Å². The number of hydrogen-bond acceptors (Lipinski definition) is 7. The third-order valence-corrected chi connectivity index (χ3v) is 0.995. The fraction of sp³-hybridized carbons (Fsp3) is 1.00. The van der Waals surface area contributed by atoms with Gasteiger partial charge >= 0.3 is 0 Å². The van der Waals surface area contributed by atoms with Gasteiger partial charge in [0.1, 0.15) is 6.23 Å². The molecule has 0 rings (SSSR count). The Morgan fingerprint density at radius 2 is 1.27 bits per heavy atom. The Bertz CT molecular complexity index is 99.1. The minimum atomic E-state index is -0.929. The van der Waals surface area contributed by atoms with Crippen LogP contribution in [0, 0.1) is 0 Å². The molecule has 94 valence electrons. The highest BCUT2D eigenvalue weighted by molar-refractivity contribution is 4.37. The smallest absolute Gasteiger partial charge is 0.126 e. The SMILES string of the molecule is NC(O)COCCO.OCCOCCO. The van der Waals surface area contributed by atoms with E-state index in [9.17, 15) is 0 Å². The molecule has 0 saturated carbocycles. The predicted molar refractivity (Wildman–Crippen MR) is 53.1 cm³/mol. The largest absolute Gasteiger partial charge is 0.394 e. The van der Waals surface area contributed by atoms with Crippen LogP contribution in [0.25, 0.3) is 0 Å². The van der Waals surface area contributed by atoms with E-state index in [2.05, 4.69) is 9.47 Å². The van der Waals surface area contributed by atoms with Gasteiger partial charge in [-0.3, -0.25) is 0 Å². The minimum absolute atomic E-state index is 0.0278. The lowest BCUT2D eigenvalue weighted by atomic mass is 10.6. The molecule has 7 nitrogen and oxygen atoms in total. The van der Waals surface area contributed by atoms with Gasteiger partial charge in [-0.2, -0.15) is 0 Å². The summed E-state index contributed by atoms with van der Waals surface area (Å²) in [5, 5.41) is 32.7. The summed E-state index contributed by atoms with van der Waals surface area (Å²) >= 11 is 0. The van der Waals surface area contributed by atoms with E-state index in [1.165, 1.54) is 0 Å². The molecule has 0 aliphatic carbocycles. The van der Waals surface area contributed by atoms with E-state index < -0.39 is 6.23 Å². The van der Waals surface area contributed by atoms with Crippen molar-refractivity contribution in [2.75, 3.05) is 46.2 Å². The van der Waals surface area contributed by atoms with E-state index in [0.717, 1.165) is 0 Å². The van der Waals surface area contributed by atoms with Crippen LogP contribution in [0.2, 0.25) is 0 Å². The maximum atomic E-state index is 8.35. The van der Waals surface area contributed by atoms with Crippen molar-refractivity contribution in [1.82, 2.24) is 0 Å². The second-order valence-electron chi connectivity index (χ2n) is 2.43. The Morgan fingerprint density at radius 1 is 0.867 bits per heavy atom. The summed E-state index contributed by atoms with van der Waals surface area (Å²) in [7, 11) is 0. The van der Waals surface area contributed by atoms with E-state index in [-0.39, 0.29) is 33.0 Å². The van der Waals surface area contributed by atoms with Gasteiger partial charge in [-0.05, 0) is 0 Å². The topological polar surface area (TPSA) is 125 Å². The van der Waals surface area contributed by atoms with Crippen molar-refractivity contribution >= 4 is 0 Å². The molecule has 0 saturated heterocycles. The van der Waals surface area contributed by atoms with Crippen LogP contribution in [-0.2, 0) is 9.47 Å². The van der Waals surface area contributed by atoms with E-state index in [1.54, 1.807) is 0 Å². The van der Waals surface area contributed by atoms with Gasteiger partial charge in [-0.15, -0.1) is 0 Å². The molecule has 7 heteroatoms. The standard InChI is InChI=1S/C4H11NO3.C4H10O3/c5-4(7)3-8-2-1-6;5-1-3-7-4-2-6/h4,6-7H,1-3,5H2;5-6H,1-4H2. The lowest BCUT2D eigenvalue weighted by Gasteiger charge is -2.02. The van der Waals surface area contributed by atoms with Crippen molar-refractivity contribution in [3.05, 3.63) is 0 Å². The molecule has 0 fully saturated rings. The normalized spacial score (nSPS) is 11.8. The molecular weight excluding hydrogens is 206 g/mol. The number of rotatable bonds is 8. The van der Waals surface area contributed by atoms with Crippen molar-refractivity contribution in [3.63, 3.8) is 0 Å². The van der Waals surface area contributed by atoms with E-state index >= 15 is 0 Å². The third-order valence-electron chi connectivity index (χ3n) is 0.995. The average Bonchev–Trinajstić information content (AvgIpc) is 2.20. The first-order valence-electron chi connectivity index (χ1n) is 4.60. The molecule has 0 aliphatic rings. The Hall–Kier alpha value is -0.280. The van der Waals surface area contributed by atoms with Gasteiger partial charge in [0, 0.05) is 0 Å². The molecule has 0 aliphatic heterocycles. The van der Waals surface area contributed by atoms with E-state index in [1.807, 2.05) is 0 Å². The summed E-state index contributed by atoms with van der Waals surface area (Å²) < 4.78 is 9.25. The Morgan fingerprint density at radius 3 is 1.60 bits per heavy atom. The summed E-state index contributed by atoms with van der Waals surface area (Å²) in [6.07, 6.45) is -0.929. The van der Waals surface area contributed by atoms with Gasteiger partial charge in [0.15, 0.2) is 0 Å². The summed E-state index contributed by atoms with van der Waals surface area (Å²) in [5.74, 6) is 0. The highest BCUT2D eigenvalue weighted by Crippen LogP contribution is 1.74. The molecule has 0 heterocycles. The monoisotopic (exact) mass is 227 g/mol. The predicted octanol–water partition coefficient (Wildman–Crippen LogP) is -2.74. The molecule has 0 aromatic rings. The van der Waals surface area contributed by atoms with Crippen LogP contribution in [0.3, 0.4) is 0 Å². The molecule has 0 radical (unpaired) electrons. The fourth-order valence-electron chi connectivity index (χ4n) is 0.500. The fourth-order valence-corrected chi connectivity index (χ4v) is 0.500. The Kier molecular flexibility index (Phi) is 18.5. The van der Waals surface area contributed by atoms with Gasteiger partial charge in [0.05, 0.1) is 46.2 Å². The first-order valence-corrected chi connectivity index (χ1v) is 4.60. The lowest BCUT2D eigenvalue weighted by molar-refractivity contribution is 0.0243. The number of ether oxygens (including phenoxy) is 2. The van der Waals surface area contributed by atoms with Crippen molar-refractivity contribution in [3.8, 4) is 0 Å². The minimum Gasteiger partial charge on any atom is -0.394 e. The summed E-state index contributed by atoms with van der Waals surface area (Å²) in [5.41, 5.74) is 4.88.